The predicted molar refractivity (Wildman–Crippen MR) is 89.0 cm³/mol. The number of rotatable bonds is 5. The summed E-state index contributed by atoms with van der Waals surface area (Å²) in [7, 11) is 0. The molecule has 9 heteroatoms. The van der Waals surface area contributed by atoms with Crippen LogP contribution in [-0.2, 0) is 0 Å². The molecule has 0 fully saturated rings. The molecule has 0 spiro atoms. The van der Waals surface area contributed by atoms with Gasteiger partial charge in [0.1, 0.15) is 24.5 Å². The van der Waals surface area contributed by atoms with Crippen molar-refractivity contribution in [1.82, 2.24) is 19.7 Å². The van der Waals surface area contributed by atoms with Crippen molar-refractivity contribution in [2.24, 2.45) is 0 Å². The Morgan fingerprint density at radius 2 is 2.04 bits per heavy atom. The number of hydrogen-bond acceptors (Lipinski definition) is 7. The Bertz CT molecular complexity index is 930. The number of anilines is 1. The second-order valence-electron chi connectivity index (χ2n) is 5.23. The van der Waals surface area contributed by atoms with Crippen LogP contribution >= 0.6 is 0 Å². The van der Waals surface area contributed by atoms with E-state index in [-0.39, 0.29) is 17.4 Å². The van der Waals surface area contributed by atoms with Crippen LogP contribution < -0.4 is 5.32 Å². The summed E-state index contributed by atoms with van der Waals surface area (Å²) in [5.74, 6) is 0.398. The van der Waals surface area contributed by atoms with Gasteiger partial charge in [0.2, 0.25) is 5.69 Å². The topological polar surface area (TPSA) is 123 Å². The number of nitrogens with one attached hydrogen (secondary N) is 1. The first-order valence-corrected chi connectivity index (χ1v) is 7.35. The van der Waals surface area contributed by atoms with E-state index in [9.17, 15) is 10.1 Å². The van der Waals surface area contributed by atoms with Crippen LogP contribution in [0.4, 0.5) is 11.5 Å². The second kappa shape index (κ2) is 6.76. The monoisotopic (exact) mass is 335 g/mol. The lowest BCUT2D eigenvalue weighted by Crippen LogP contribution is -2.09. The van der Waals surface area contributed by atoms with Crippen molar-refractivity contribution in [3.05, 3.63) is 70.4 Å². The molecule has 1 atom stereocenters. The predicted octanol–water partition coefficient (Wildman–Crippen LogP) is 2.62. The maximum absolute atomic E-state index is 10.8. The van der Waals surface area contributed by atoms with Crippen molar-refractivity contribution in [3.8, 4) is 11.8 Å². The van der Waals surface area contributed by atoms with Crippen molar-refractivity contribution in [3.63, 3.8) is 0 Å². The Morgan fingerprint density at radius 3 is 2.64 bits per heavy atom. The fraction of sp³-hybridized carbons (Fsp3) is 0.125. The molecule has 0 aliphatic heterocycles. The Hall–Kier alpha value is -3.80. The molecule has 25 heavy (non-hydrogen) atoms. The second-order valence-corrected chi connectivity index (χ2v) is 5.23. The lowest BCUT2D eigenvalue weighted by atomic mass is 10.1. The van der Waals surface area contributed by atoms with Gasteiger partial charge < -0.3 is 5.32 Å². The molecule has 1 aromatic carbocycles. The van der Waals surface area contributed by atoms with Crippen LogP contribution in [-0.4, -0.2) is 24.7 Å². The summed E-state index contributed by atoms with van der Waals surface area (Å²) < 4.78 is 1.65. The average Bonchev–Trinajstić information content (AvgIpc) is 3.16. The van der Waals surface area contributed by atoms with E-state index in [2.05, 4.69) is 20.4 Å². The summed E-state index contributed by atoms with van der Waals surface area (Å²) in [6.07, 6.45) is 3.08. The highest BCUT2D eigenvalue weighted by atomic mass is 16.6. The zero-order valence-corrected chi connectivity index (χ0v) is 13.2. The van der Waals surface area contributed by atoms with Gasteiger partial charge in [0.05, 0.1) is 10.6 Å². The number of nitriles is 1. The van der Waals surface area contributed by atoms with E-state index >= 15 is 0 Å². The lowest BCUT2D eigenvalue weighted by Gasteiger charge is -2.15. The SMILES string of the molecule is CC(Nc1ccc([N+](=O)[O-])c(C#N)n1)c1ccc(-n2cncn2)cc1. The van der Waals surface area contributed by atoms with Gasteiger partial charge in [-0.25, -0.2) is 14.6 Å². The third-order valence-electron chi connectivity index (χ3n) is 3.62. The first-order chi connectivity index (χ1) is 12.1. The molecule has 0 radical (unpaired) electrons. The molecule has 0 aliphatic carbocycles. The maximum Gasteiger partial charge on any atom is 0.305 e. The highest BCUT2D eigenvalue weighted by molar-refractivity contribution is 5.51. The molecule has 0 saturated carbocycles. The van der Waals surface area contributed by atoms with E-state index in [0.29, 0.717) is 5.82 Å². The molecule has 0 saturated heterocycles. The van der Waals surface area contributed by atoms with Crippen molar-refractivity contribution in [2.45, 2.75) is 13.0 Å². The summed E-state index contributed by atoms with van der Waals surface area (Å²) >= 11 is 0. The fourth-order valence-corrected chi connectivity index (χ4v) is 2.32. The molecule has 0 aliphatic rings. The molecule has 1 N–H and O–H groups in total. The number of hydrogen-bond donors (Lipinski definition) is 1. The van der Waals surface area contributed by atoms with Gasteiger partial charge in [0, 0.05) is 12.1 Å². The lowest BCUT2D eigenvalue weighted by molar-refractivity contribution is -0.385. The van der Waals surface area contributed by atoms with Crippen LogP contribution in [0.5, 0.6) is 0 Å². The Kier molecular flexibility index (Phi) is 4.34. The van der Waals surface area contributed by atoms with Gasteiger partial charge in [0.15, 0.2) is 0 Å². The quantitative estimate of drug-likeness (QED) is 0.561. The number of aromatic nitrogens is 4. The minimum absolute atomic E-state index is 0.106. The molecule has 3 aromatic rings. The molecule has 124 valence electrons. The Morgan fingerprint density at radius 1 is 1.28 bits per heavy atom. The molecular formula is C16H13N7O2. The van der Waals surface area contributed by atoms with Crippen molar-refractivity contribution >= 4 is 11.5 Å². The van der Waals surface area contributed by atoms with Gasteiger partial charge in [-0.1, -0.05) is 12.1 Å². The van der Waals surface area contributed by atoms with Crippen LogP contribution in [0.3, 0.4) is 0 Å². The normalized spacial score (nSPS) is 11.5. The zero-order chi connectivity index (χ0) is 17.8. The molecule has 9 nitrogen and oxygen atoms in total. The highest BCUT2D eigenvalue weighted by Gasteiger charge is 2.16. The molecule has 3 rings (SSSR count). The van der Waals surface area contributed by atoms with Gasteiger partial charge in [0.25, 0.3) is 0 Å². The molecule has 2 aromatic heterocycles. The van der Waals surface area contributed by atoms with E-state index in [0.717, 1.165) is 11.3 Å². The summed E-state index contributed by atoms with van der Waals surface area (Å²) in [5.41, 5.74) is 1.35. The van der Waals surface area contributed by atoms with Crippen LogP contribution in [0.1, 0.15) is 24.2 Å². The zero-order valence-electron chi connectivity index (χ0n) is 13.2. The van der Waals surface area contributed by atoms with Crippen molar-refractivity contribution in [2.75, 3.05) is 5.32 Å². The largest absolute Gasteiger partial charge is 0.364 e. The average molecular weight is 335 g/mol. The van der Waals surface area contributed by atoms with Crippen molar-refractivity contribution in [1.29, 1.82) is 5.26 Å². The van der Waals surface area contributed by atoms with E-state index in [1.54, 1.807) is 17.1 Å². The van der Waals surface area contributed by atoms with E-state index < -0.39 is 4.92 Å². The number of pyridine rings is 1. The van der Waals surface area contributed by atoms with Crippen LogP contribution in [0.25, 0.3) is 5.69 Å². The Labute approximate surface area is 142 Å². The van der Waals surface area contributed by atoms with Gasteiger partial charge in [-0.05, 0) is 30.7 Å². The molecule has 0 bridgehead atoms. The first kappa shape index (κ1) is 16.1. The summed E-state index contributed by atoms with van der Waals surface area (Å²) in [5, 5.41) is 27.1. The van der Waals surface area contributed by atoms with Gasteiger partial charge >= 0.3 is 5.69 Å². The van der Waals surface area contributed by atoms with Gasteiger partial charge in [-0.15, -0.1) is 0 Å². The minimum atomic E-state index is -0.623. The molecule has 0 amide bonds. The standard InChI is InChI=1S/C16H13N7O2/c1-11(12-2-4-13(5-3-12)22-10-18-9-19-22)20-16-7-6-15(23(24)25)14(8-17)21-16/h2-7,9-11H,1H3,(H,20,21). The van der Waals surface area contributed by atoms with Crippen LogP contribution in [0.2, 0.25) is 0 Å². The van der Waals surface area contributed by atoms with E-state index in [1.807, 2.05) is 31.2 Å². The van der Waals surface area contributed by atoms with E-state index in [4.69, 9.17) is 5.26 Å². The highest BCUT2D eigenvalue weighted by Crippen LogP contribution is 2.22. The third-order valence-corrected chi connectivity index (χ3v) is 3.62. The smallest absolute Gasteiger partial charge is 0.305 e. The molecule has 2 heterocycles. The number of benzene rings is 1. The molecule has 1 unspecified atom stereocenters. The van der Waals surface area contributed by atoms with Crippen LogP contribution in [0.15, 0.2) is 49.1 Å². The van der Waals surface area contributed by atoms with Crippen LogP contribution in [0, 0.1) is 21.4 Å². The van der Waals surface area contributed by atoms with E-state index in [1.165, 1.54) is 18.5 Å². The summed E-state index contributed by atoms with van der Waals surface area (Å²) in [6.45, 7) is 1.93. The summed E-state index contributed by atoms with van der Waals surface area (Å²) in [4.78, 5) is 18.1. The number of nitrogens with zero attached hydrogens (tertiary/aromatic N) is 6. The van der Waals surface area contributed by atoms with Gasteiger partial charge in [-0.3, -0.25) is 10.1 Å². The minimum Gasteiger partial charge on any atom is -0.364 e. The summed E-state index contributed by atoms with van der Waals surface area (Å²) in [6, 6.07) is 12.1. The molecular weight excluding hydrogens is 322 g/mol. The maximum atomic E-state index is 10.8. The van der Waals surface area contributed by atoms with Gasteiger partial charge in [-0.2, -0.15) is 10.4 Å². The Balaban J connectivity index is 1.77. The van der Waals surface area contributed by atoms with Crippen molar-refractivity contribution < 1.29 is 4.92 Å². The number of nitro groups is 1. The fourth-order valence-electron chi connectivity index (χ4n) is 2.32. The third kappa shape index (κ3) is 3.42. The first-order valence-electron chi connectivity index (χ1n) is 7.35.